The van der Waals surface area contributed by atoms with Gasteiger partial charge in [-0.1, -0.05) is 64.5 Å². The van der Waals surface area contributed by atoms with Gasteiger partial charge >= 0.3 is 0 Å². The first kappa shape index (κ1) is 12.8. The van der Waals surface area contributed by atoms with E-state index in [0.717, 1.165) is 15.6 Å². The average molecular weight is 327 g/mol. The molecule has 1 amide bonds. The lowest BCUT2D eigenvalue weighted by atomic mass is 10.2. The maximum absolute atomic E-state index is 12.0. The van der Waals surface area contributed by atoms with E-state index in [1.807, 2.05) is 54.6 Å². The Morgan fingerprint density at radius 1 is 1.00 bits per heavy atom. The highest BCUT2D eigenvalue weighted by molar-refractivity contribution is 9.10. The van der Waals surface area contributed by atoms with E-state index in [0.29, 0.717) is 11.5 Å². The third kappa shape index (κ3) is 2.56. The molecule has 4 heteroatoms. The summed E-state index contributed by atoms with van der Waals surface area (Å²) in [6, 6.07) is 17.3. The fourth-order valence-electron chi connectivity index (χ4n) is 1.94. The summed E-state index contributed by atoms with van der Waals surface area (Å²) in [6.07, 6.45) is 1.77. The Labute approximate surface area is 125 Å². The maximum Gasteiger partial charge on any atom is 0.275 e. The zero-order valence-electron chi connectivity index (χ0n) is 10.5. The summed E-state index contributed by atoms with van der Waals surface area (Å²) in [5.74, 6) is 0.411. The van der Waals surface area contributed by atoms with E-state index >= 15 is 0 Å². The van der Waals surface area contributed by atoms with Crippen LogP contribution in [0.3, 0.4) is 0 Å². The van der Waals surface area contributed by atoms with Gasteiger partial charge in [-0.05, 0) is 17.7 Å². The minimum atomic E-state index is -0.181. The molecule has 0 fully saturated rings. The summed E-state index contributed by atoms with van der Waals surface area (Å²) < 4.78 is 0.934. The fourth-order valence-corrected chi connectivity index (χ4v) is 2.34. The number of amides is 1. The SMILES string of the molecule is O=C1NC(c2ccccc2)=N/C1=C\c1ccccc1Br. The third-order valence-electron chi connectivity index (χ3n) is 2.94. The Hall–Kier alpha value is -2.20. The van der Waals surface area contributed by atoms with Gasteiger partial charge in [-0.2, -0.15) is 0 Å². The van der Waals surface area contributed by atoms with Crippen LogP contribution in [0.5, 0.6) is 0 Å². The molecule has 1 N–H and O–H groups in total. The first-order valence-corrected chi connectivity index (χ1v) is 6.95. The van der Waals surface area contributed by atoms with Crippen LogP contribution < -0.4 is 5.32 Å². The predicted molar refractivity (Wildman–Crippen MR) is 83.2 cm³/mol. The van der Waals surface area contributed by atoms with Crippen LogP contribution in [0.15, 0.2) is 69.8 Å². The third-order valence-corrected chi connectivity index (χ3v) is 3.66. The van der Waals surface area contributed by atoms with Gasteiger partial charge in [0.1, 0.15) is 11.5 Å². The molecular formula is C16H11BrN2O. The molecule has 1 aliphatic heterocycles. The second-order valence-electron chi connectivity index (χ2n) is 4.33. The van der Waals surface area contributed by atoms with Gasteiger partial charge in [0, 0.05) is 10.0 Å². The van der Waals surface area contributed by atoms with Crippen LogP contribution in [0.1, 0.15) is 11.1 Å². The highest BCUT2D eigenvalue weighted by Gasteiger charge is 2.20. The quantitative estimate of drug-likeness (QED) is 0.844. The highest BCUT2D eigenvalue weighted by atomic mass is 79.9. The molecule has 0 spiro atoms. The molecule has 0 unspecified atom stereocenters. The van der Waals surface area contributed by atoms with Gasteiger partial charge in [0.15, 0.2) is 0 Å². The number of aliphatic imine (C=N–C) groups is 1. The van der Waals surface area contributed by atoms with Crippen molar-refractivity contribution in [2.24, 2.45) is 4.99 Å². The van der Waals surface area contributed by atoms with Crippen molar-refractivity contribution in [2.45, 2.75) is 0 Å². The molecular weight excluding hydrogens is 316 g/mol. The molecule has 98 valence electrons. The number of nitrogens with zero attached hydrogens (tertiary/aromatic N) is 1. The lowest BCUT2D eigenvalue weighted by Gasteiger charge is -1.98. The van der Waals surface area contributed by atoms with Crippen LogP contribution >= 0.6 is 15.9 Å². The predicted octanol–water partition coefficient (Wildman–Crippen LogP) is 3.37. The number of carbonyl (C=O) groups excluding carboxylic acids is 1. The lowest BCUT2D eigenvalue weighted by Crippen LogP contribution is -2.24. The number of amidine groups is 1. The van der Waals surface area contributed by atoms with Crippen molar-refractivity contribution in [3.8, 4) is 0 Å². The Balaban J connectivity index is 1.97. The number of nitrogens with one attached hydrogen (secondary N) is 1. The summed E-state index contributed by atoms with van der Waals surface area (Å²) in [5, 5.41) is 2.79. The molecule has 2 aromatic carbocycles. The number of hydrogen-bond donors (Lipinski definition) is 1. The summed E-state index contributed by atoms with van der Waals surface area (Å²) in [4.78, 5) is 16.3. The molecule has 0 aliphatic carbocycles. The Bertz CT molecular complexity index is 720. The Morgan fingerprint density at radius 3 is 2.45 bits per heavy atom. The molecule has 1 aliphatic rings. The number of hydrogen-bond acceptors (Lipinski definition) is 2. The zero-order valence-corrected chi connectivity index (χ0v) is 12.1. The number of rotatable bonds is 2. The molecule has 0 aromatic heterocycles. The van der Waals surface area contributed by atoms with Gasteiger partial charge in [0.2, 0.25) is 0 Å². The zero-order chi connectivity index (χ0) is 13.9. The minimum absolute atomic E-state index is 0.181. The fraction of sp³-hybridized carbons (Fsp3) is 0. The van der Waals surface area contributed by atoms with Crippen molar-refractivity contribution in [1.29, 1.82) is 0 Å². The van der Waals surface area contributed by atoms with Gasteiger partial charge < -0.3 is 5.32 Å². The first-order chi connectivity index (χ1) is 9.74. The van der Waals surface area contributed by atoms with Gasteiger partial charge in [-0.15, -0.1) is 0 Å². The monoisotopic (exact) mass is 326 g/mol. The van der Waals surface area contributed by atoms with Gasteiger partial charge in [0.05, 0.1) is 0 Å². The summed E-state index contributed by atoms with van der Waals surface area (Å²) in [7, 11) is 0. The average Bonchev–Trinajstić information content (AvgIpc) is 2.84. The highest BCUT2D eigenvalue weighted by Crippen LogP contribution is 2.21. The minimum Gasteiger partial charge on any atom is -0.305 e. The number of carbonyl (C=O) groups is 1. The molecule has 3 nitrogen and oxygen atoms in total. The van der Waals surface area contributed by atoms with E-state index in [1.54, 1.807) is 6.08 Å². The Kier molecular flexibility index (Phi) is 3.48. The van der Waals surface area contributed by atoms with Crippen molar-refractivity contribution in [2.75, 3.05) is 0 Å². The van der Waals surface area contributed by atoms with E-state index in [4.69, 9.17) is 0 Å². The molecule has 20 heavy (non-hydrogen) atoms. The molecule has 0 radical (unpaired) electrons. The van der Waals surface area contributed by atoms with Crippen LogP contribution in [0, 0.1) is 0 Å². The molecule has 1 heterocycles. The van der Waals surface area contributed by atoms with Crippen molar-refractivity contribution in [3.63, 3.8) is 0 Å². The molecule has 0 atom stereocenters. The van der Waals surface area contributed by atoms with E-state index in [2.05, 4.69) is 26.2 Å². The smallest absolute Gasteiger partial charge is 0.275 e. The van der Waals surface area contributed by atoms with Crippen molar-refractivity contribution in [3.05, 3.63) is 75.9 Å². The summed E-state index contributed by atoms with van der Waals surface area (Å²) >= 11 is 3.46. The van der Waals surface area contributed by atoms with E-state index < -0.39 is 0 Å². The van der Waals surface area contributed by atoms with Crippen LogP contribution in [-0.4, -0.2) is 11.7 Å². The second kappa shape index (κ2) is 5.43. The molecule has 3 rings (SSSR count). The van der Waals surface area contributed by atoms with Gasteiger partial charge in [-0.25, -0.2) is 4.99 Å². The lowest BCUT2D eigenvalue weighted by molar-refractivity contribution is -0.115. The first-order valence-electron chi connectivity index (χ1n) is 6.16. The molecule has 0 saturated carbocycles. The Morgan fingerprint density at radius 2 is 1.70 bits per heavy atom. The van der Waals surface area contributed by atoms with Crippen molar-refractivity contribution >= 4 is 33.7 Å². The largest absolute Gasteiger partial charge is 0.305 e. The van der Waals surface area contributed by atoms with Crippen LogP contribution in [0.4, 0.5) is 0 Å². The summed E-state index contributed by atoms with van der Waals surface area (Å²) in [6.45, 7) is 0. The van der Waals surface area contributed by atoms with Gasteiger partial charge in [-0.3, -0.25) is 4.79 Å². The van der Waals surface area contributed by atoms with Gasteiger partial charge in [0.25, 0.3) is 5.91 Å². The summed E-state index contributed by atoms with van der Waals surface area (Å²) in [5.41, 5.74) is 2.24. The second-order valence-corrected chi connectivity index (χ2v) is 5.19. The number of halogens is 1. The van der Waals surface area contributed by atoms with Crippen molar-refractivity contribution < 1.29 is 4.79 Å². The maximum atomic E-state index is 12.0. The van der Waals surface area contributed by atoms with Crippen LogP contribution in [-0.2, 0) is 4.79 Å². The van der Waals surface area contributed by atoms with E-state index in [9.17, 15) is 4.79 Å². The topological polar surface area (TPSA) is 41.5 Å². The van der Waals surface area contributed by atoms with Crippen LogP contribution in [0.2, 0.25) is 0 Å². The van der Waals surface area contributed by atoms with E-state index in [-0.39, 0.29) is 5.91 Å². The standard InChI is InChI=1S/C16H11BrN2O/c17-13-9-5-4-8-12(13)10-14-16(20)19-15(18-14)11-6-2-1-3-7-11/h1-10H,(H,18,19,20)/b14-10-. The van der Waals surface area contributed by atoms with Crippen molar-refractivity contribution in [1.82, 2.24) is 5.32 Å². The number of benzene rings is 2. The molecule has 2 aromatic rings. The normalized spacial score (nSPS) is 16.1. The van der Waals surface area contributed by atoms with E-state index in [1.165, 1.54) is 0 Å². The molecule has 0 bridgehead atoms. The van der Waals surface area contributed by atoms with Crippen LogP contribution in [0.25, 0.3) is 6.08 Å². The molecule has 0 saturated heterocycles.